The van der Waals surface area contributed by atoms with Crippen molar-refractivity contribution in [3.05, 3.63) is 35.9 Å². The molecule has 20 heavy (non-hydrogen) atoms. The first-order valence-corrected chi connectivity index (χ1v) is 7.72. The molecule has 0 aliphatic heterocycles. The first-order valence-electron chi connectivity index (χ1n) is 7.72. The van der Waals surface area contributed by atoms with Crippen LogP contribution in [0.3, 0.4) is 0 Å². The molecule has 0 aliphatic carbocycles. The molecule has 0 saturated heterocycles. The van der Waals surface area contributed by atoms with Gasteiger partial charge in [0, 0.05) is 24.3 Å². The third kappa shape index (κ3) is 6.65. The number of rotatable bonds is 10. The van der Waals surface area contributed by atoms with Crippen molar-refractivity contribution in [3.8, 4) is 0 Å². The molecule has 110 valence electrons. The van der Waals surface area contributed by atoms with Crippen LogP contribution in [0.1, 0.15) is 69.2 Å². The number of carbonyl (C=O) groups excluding carboxylic acids is 2. The van der Waals surface area contributed by atoms with E-state index >= 15 is 0 Å². The maximum absolute atomic E-state index is 11.9. The fraction of sp³-hybridized carbons (Fsp3) is 0.556. The Kier molecular flexibility index (Phi) is 7.86. The summed E-state index contributed by atoms with van der Waals surface area (Å²) in [6, 6.07) is 9.48. The number of hydrogen-bond donors (Lipinski definition) is 0. The molecule has 1 aromatic rings. The van der Waals surface area contributed by atoms with Crippen LogP contribution in [0.4, 0.5) is 0 Å². The fourth-order valence-electron chi connectivity index (χ4n) is 2.17. The van der Waals surface area contributed by atoms with Crippen molar-refractivity contribution >= 4 is 11.6 Å². The van der Waals surface area contributed by atoms with Crippen molar-refractivity contribution < 1.29 is 9.59 Å². The van der Waals surface area contributed by atoms with Gasteiger partial charge in [0.1, 0.15) is 5.78 Å². The van der Waals surface area contributed by atoms with Crippen molar-refractivity contribution in [2.75, 3.05) is 0 Å². The average molecular weight is 274 g/mol. The zero-order valence-electron chi connectivity index (χ0n) is 12.7. The number of carbonyl (C=O) groups is 2. The van der Waals surface area contributed by atoms with Crippen molar-refractivity contribution in [1.29, 1.82) is 0 Å². The Hall–Kier alpha value is -1.44. The summed E-state index contributed by atoms with van der Waals surface area (Å²) in [4.78, 5) is 23.3. The minimum absolute atomic E-state index is 0.165. The molecule has 0 saturated carbocycles. The Morgan fingerprint density at radius 2 is 1.40 bits per heavy atom. The van der Waals surface area contributed by atoms with E-state index in [9.17, 15) is 9.59 Å². The lowest BCUT2D eigenvalue weighted by Crippen LogP contribution is -2.06. The van der Waals surface area contributed by atoms with E-state index in [4.69, 9.17) is 0 Å². The van der Waals surface area contributed by atoms with Gasteiger partial charge in [0.25, 0.3) is 0 Å². The molecule has 2 nitrogen and oxygen atoms in total. The fourth-order valence-corrected chi connectivity index (χ4v) is 2.17. The number of unbranched alkanes of at least 4 members (excludes halogenated alkanes) is 4. The number of Topliss-reactive ketones (excluding diaryl/α,β-unsaturated/α-hetero) is 2. The molecule has 0 aromatic heterocycles. The molecule has 2 heteroatoms. The van der Waals surface area contributed by atoms with Gasteiger partial charge in [-0.1, -0.05) is 63.4 Å². The number of hydrogen-bond acceptors (Lipinski definition) is 2. The van der Waals surface area contributed by atoms with E-state index in [1.807, 2.05) is 44.2 Å². The highest BCUT2D eigenvalue weighted by atomic mass is 16.1. The molecule has 1 rings (SSSR count). The zero-order valence-corrected chi connectivity index (χ0v) is 12.7. The second-order valence-corrected chi connectivity index (χ2v) is 5.68. The summed E-state index contributed by atoms with van der Waals surface area (Å²) < 4.78 is 0. The topological polar surface area (TPSA) is 34.1 Å². The molecule has 0 N–H and O–H groups in total. The van der Waals surface area contributed by atoms with Gasteiger partial charge in [-0.2, -0.15) is 0 Å². The molecule has 0 aliphatic rings. The molecule has 0 amide bonds. The SMILES string of the molecule is CC(C)C(=O)CCCCCCCC(=O)c1ccccc1. The maximum Gasteiger partial charge on any atom is 0.162 e. The van der Waals surface area contributed by atoms with E-state index in [1.165, 1.54) is 0 Å². The van der Waals surface area contributed by atoms with Crippen LogP contribution in [0.15, 0.2) is 30.3 Å². The Balaban J connectivity index is 2.03. The van der Waals surface area contributed by atoms with Gasteiger partial charge < -0.3 is 0 Å². The Labute approximate surface area is 122 Å². The summed E-state index contributed by atoms with van der Waals surface area (Å²) in [5.41, 5.74) is 0.815. The third-order valence-electron chi connectivity index (χ3n) is 3.57. The van der Waals surface area contributed by atoms with Crippen LogP contribution >= 0.6 is 0 Å². The lowest BCUT2D eigenvalue weighted by atomic mass is 10.0. The van der Waals surface area contributed by atoms with Crippen LogP contribution < -0.4 is 0 Å². The van der Waals surface area contributed by atoms with Gasteiger partial charge in [-0.15, -0.1) is 0 Å². The summed E-state index contributed by atoms with van der Waals surface area (Å²) in [6.07, 6.45) is 6.57. The molecule has 0 atom stereocenters. The summed E-state index contributed by atoms with van der Waals surface area (Å²) in [5.74, 6) is 0.767. The Morgan fingerprint density at radius 1 is 0.850 bits per heavy atom. The highest BCUT2D eigenvalue weighted by Gasteiger charge is 2.06. The van der Waals surface area contributed by atoms with Crippen molar-refractivity contribution in [2.45, 2.75) is 58.8 Å². The molecule has 0 heterocycles. The van der Waals surface area contributed by atoms with Gasteiger partial charge in [0.15, 0.2) is 5.78 Å². The standard InChI is InChI=1S/C18H26O2/c1-15(2)17(19)13-9-4-3-5-10-14-18(20)16-11-7-6-8-12-16/h6-8,11-12,15H,3-5,9-10,13-14H2,1-2H3. The Morgan fingerprint density at radius 3 is 2.00 bits per heavy atom. The molecular formula is C18H26O2. The molecule has 1 aromatic carbocycles. The van der Waals surface area contributed by atoms with Gasteiger partial charge in [0.2, 0.25) is 0 Å². The predicted molar refractivity (Wildman–Crippen MR) is 82.9 cm³/mol. The number of benzene rings is 1. The van der Waals surface area contributed by atoms with E-state index in [0.29, 0.717) is 18.6 Å². The predicted octanol–water partition coefficient (Wildman–Crippen LogP) is 4.83. The van der Waals surface area contributed by atoms with Gasteiger partial charge in [0.05, 0.1) is 0 Å². The third-order valence-corrected chi connectivity index (χ3v) is 3.57. The van der Waals surface area contributed by atoms with Crippen molar-refractivity contribution in [2.24, 2.45) is 5.92 Å². The first kappa shape index (κ1) is 16.6. The second kappa shape index (κ2) is 9.46. The quantitative estimate of drug-likeness (QED) is 0.452. The van der Waals surface area contributed by atoms with Crippen LogP contribution in [-0.4, -0.2) is 11.6 Å². The highest BCUT2D eigenvalue weighted by molar-refractivity contribution is 5.95. The minimum atomic E-state index is 0.165. The molecule has 0 radical (unpaired) electrons. The zero-order chi connectivity index (χ0) is 14.8. The van der Waals surface area contributed by atoms with Crippen LogP contribution in [0.5, 0.6) is 0 Å². The molecule has 0 fully saturated rings. The highest BCUT2D eigenvalue weighted by Crippen LogP contribution is 2.12. The van der Waals surface area contributed by atoms with Gasteiger partial charge in [-0.05, 0) is 12.8 Å². The van der Waals surface area contributed by atoms with E-state index in [2.05, 4.69) is 0 Å². The van der Waals surface area contributed by atoms with Gasteiger partial charge >= 0.3 is 0 Å². The molecule has 0 spiro atoms. The van der Waals surface area contributed by atoms with E-state index in [1.54, 1.807) is 0 Å². The van der Waals surface area contributed by atoms with Crippen LogP contribution in [0, 0.1) is 5.92 Å². The van der Waals surface area contributed by atoms with E-state index in [-0.39, 0.29) is 11.7 Å². The van der Waals surface area contributed by atoms with Crippen LogP contribution in [-0.2, 0) is 4.79 Å². The Bertz CT molecular complexity index is 407. The lowest BCUT2D eigenvalue weighted by Gasteiger charge is -2.04. The monoisotopic (exact) mass is 274 g/mol. The number of ketones is 2. The smallest absolute Gasteiger partial charge is 0.162 e. The molecule has 0 bridgehead atoms. The van der Waals surface area contributed by atoms with E-state index in [0.717, 1.165) is 37.7 Å². The van der Waals surface area contributed by atoms with Gasteiger partial charge in [-0.25, -0.2) is 0 Å². The second-order valence-electron chi connectivity index (χ2n) is 5.68. The summed E-state index contributed by atoms with van der Waals surface area (Å²) >= 11 is 0. The normalized spacial score (nSPS) is 10.8. The van der Waals surface area contributed by atoms with Crippen LogP contribution in [0.25, 0.3) is 0 Å². The first-order chi connectivity index (χ1) is 9.61. The molecule has 0 unspecified atom stereocenters. The largest absolute Gasteiger partial charge is 0.299 e. The summed E-state index contributed by atoms with van der Waals surface area (Å²) in [6.45, 7) is 3.91. The van der Waals surface area contributed by atoms with Gasteiger partial charge in [-0.3, -0.25) is 9.59 Å². The van der Waals surface area contributed by atoms with E-state index < -0.39 is 0 Å². The summed E-state index contributed by atoms with van der Waals surface area (Å²) in [7, 11) is 0. The average Bonchev–Trinajstić information content (AvgIpc) is 2.46. The lowest BCUT2D eigenvalue weighted by molar-refractivity contribution is -0.122. The maximum atomic E-state index is 11.9. The van der Waals surface area contributed by atoms with Crippen molar-refractivity contribution in [1.82, 2.24) is 0 Å². The minimum Gasteiger partial charge on any atom is -0.299 e. The van der Waals surface area contributed by atoms with Crippen LogP contribution in [0.2, 0.25) is 0 Å². The molecular weight excluding hydrogens is 248 g/mol. The van der Waals surface area contributed by atoms with Crippen molar-refractivity contribution in [3.63, 3.8) is 0 Å². The summed E-state index contributed by atoms with van der Waals surface area (Å²) in [5, 5.41) is 0.